The maximum atomic E-state index is 5.69. The van der Waals surface area contributed by atoms with Crippen LogP contribution in [0.5, 0.6) is 11.6 Å². The number of hydrogen-bond donors (Lipinski definition) is 1. The van der Waals surface area contributed by atoms with E-state index in [-0.39, 0.29) is 0 Å². The fourth-order valence-electron chi connectivity index (χ4n) is 1.35. The van der Waals surface area contributed by atoms with Gasteiger partial charge in [0.05, 0.1) is 0 Å². The molecule has 2 N–H and O–H groups in total. The van der Waals surface area contributed by atoms with Crippen molar-refractivity contribution in [2.75, 3.05) is 12.0 Å². The number of nitrogen functional groups attached to an aromatic ring is 1. The Morgan fingerprint density at radius 1 is 1.24 bits per heavy atom. The molecular weight excluding hydrogens is 234 g/mol. The molecule has 17 heavy (non-hydrogen) atoms. The third-order valence-corrected chi connectivity index (χ3v) is 2.74. The molecule has 0 saturated carbocycles. The average molecular weight is 247 g/mol. The van der Waals surface area contributed by atoms with Gasteiger partial charge in [0.25, 0.3) is 0 Å². The minimum absolute atomic E-state index is 0.410. The molecule has 0 radical (unpaired) electrons. The monoisotopic (exact) mass is 247 g/mol. The van der Waals surface area contributed by atoms with Gasteiger partial charge in [-0.3, -0.25) is 0 Å². The van der Waals surface area contributed by atoms with Crippen LogP contribution in [0, 0.1) is 6.92 Å². The third kappa shape index (κ3) is 2.88. The summed E-state index contributed by atoms with van der Waals surface area (Å²) in [4.78, 5) is 8.30. The molecule has 0 aliphatic rings. The number of hydrogen-bond acceptors (Lipinski definition) is 5. The molecule has 0 amide bonds. The molecule has 2 aromatic rings. The fourth-order valence-corrected chi connectivity index (χ4v) is 1.73. The highest BCUT2D eigenvalue weighted by atomic mass is 32.2. The van der Waals surface area contributed by atoms with Crippen molar-refractivity contribution in [3.63, 3.8) is 0 Å². The smallest absolute Gasteiger partial charge is 0.225 e. The molecule has 1 aromatic heterocycles. The van der Waals surface area contributed by atoms with Crippen molar-refractivity contribution in [1.29, 1.82) is 0 Å². The molecule has 0 bridgehead atoms. The number of rotatable bonds is 3. The van der Waals surface area contributed by atoms with Gasteiger partial charge in [-0.1, -0.05) is 30.0 Å². The second-order valence-corrected chi connectivity index (χ2v) is 4.26. The first kappa shape index (κ1) is 11.7. The zero-order valence-electron chi connectivity index (χ0n) is 9.68. The van der Waals surface area contributed by atoms with Crippen molar-refractivity contribution in [3.05, 3.63) is 35.9 Å². The normalized spacial score (nSPS) is 10.2. The number of aryl methyl sites for hydroxylation is 1. The van der Waals surface area contributed by atoms with E-state index in [1.54, 1.807) is 6.07 Å². The highest BCUT2D eigenvalue weighted by Crippen LogP contribution is 2.25. The Bertz CT molecular complexity index is 531. The topological polar surface area (TPSA) is 61.0 Å². The molecule has 0 spiro atoms. The zero-order valence-corrected chi connectivity index (χ0v) is 10.5. The number of nitrogens with two attached hydrogens (primary N) is 1. The minimum atomic E-state index is 0.410. The summed E-state index contributed by atoms with van der Waals surface area (Å²) in [5.74, 6) is 1.65. The Morgan fingerprint density at radius 3 is 2.71 bits per heavy atom. The summed E-state index contributed by atoms with van der Waals surface area (Å²) in [5.41, 5.74) is 6.73. The lowest BCUT2D eigenvalue weighted by atomic mass is 10.2. The van der Waals surface area contributed by atoms with Gasteiger partial charge in [-0.25, -0.2) is 4.98 Å². The van der Waals surface area contributed by atoms with E-state index in [1.807, 2.05) is 37.4 Å². The van der Waals surface area contributed by atoms with Crippen molar-refractivity contribution in [2.24, 2.45) is 0 Å². The van der Waals surface area contributed by atoms with Gasteiger partial charge in [-0.15, -0.1) is 0 Å². The van der Waals surface area contributed by atoms with Gasteiger partial charge in [-0.2, -0.15) is 4.98 Å². The Hall–Kier alpha value is -1.75. The lowest BCUT2D eigenvalue weighted by Crippen LogP contribution is -1.97. The lowest BCUT2D eigenvalue weighted by molar-refractivity contribution is 0.453. The number of thioether (sulfide) groups is 1. The van der Waals surface area contributed by atoms with E-state index in [4.69, 9.17) is 10.5 Å². The van der Waals surface area contributed by atoms with Crippen molar-refractivity contribution < 1.29 is 4.74 Å². The Morgan fingerprint density at radius 2 is 2.00 bits per heavy atom. The van der Waals surface area contributed by atoms with Crippen LogP contribution in [0.2, 0.25) is 0 Å². The van der Waals surface area contributed by atoms with Crippen LogP contribution in [-0.4, -0.2) is 16.2 Å². The predicted molar refractivity (Wildman–Crippen MR) is 69.5 cm³/mol. The van der Waals surface area contributed by atoms with Crippen LogP contribution in [0.4, 0.5) is 5.82 Å². The molecule has 88 valence electrons. The van der Waals surface area contributed by atoms with Gasteiger partial charge < -0.3 is 10.5 Å². The van der Waals surface area contributed by atoms with E-state index in [9.17, 15) is 0 Å². The SMILES string of the molecule is CSc1nc(N)cc(Oc2ccccc2C)n1. The fraction of sp³-hybridized carbons (Fsp3) is 0.167. The van der Waals surface area contributed by atoms with Crippen LogP contribution in [0.3, 0.4) is 0 Å². The number of anilines is 1. The number of aromatic nitrogens is 2. The van der Waals surface area contributed by atoms with Gasteiger partial charge in [0.15, 0.2) is 5.16 Å². The van der Waals surface area contributed by atoms with Crippen LogP contribution in [-0.2, 0) is 0 Å². The highest BCUT2D eigenvalue weighted by Gasteiger charge is 2.05. The quantitative estimate of drug-likeness (QED) is 0.667. The summed E-state index contributed by atoms with van der Waals surface area (Å²) in [6, 6.07) is 9.38. The Labute approximate surface area is 104 Å². The van der Waals surface area contributed by atoms with Crippen molar-refractivity contribution >= 4 is 17.6 Å². The number of para-hydroxylation sites is 1. The van der Waals surface area contributed by atoms with E-state index in [0.717, 1.165) is 11.3 Å². The summed E-state index contributed by atoms with van der Waals surface area (Å²) >= 11 is 1.43. The van der Waals surface area contributed by atoms with Crippen LogP contribution in [0.25, 0.3) is 0 Å². The summed E-state index contributed by atoms with van der Waals surface area (Å²) in [6.45, 7) is 1.98. The van der Waals surface area contributed by atoms with Crippen LogP contribution < -0.4 is 10.5 Å². The van der Waals surface area contributed by atoms with Gasteiger partial charge in [-0.05, 0) is 24.8 Å². The van der Waals surface area contributed by atoms with E-state index < -0.39 is 0 Å². The molecular formula is C12H13N3OS. The first-order valence-electron chi connectivity index (χ1n) is 5.11. The first-order valence-corrected chi connectivity index (χ1v) is 6.33. The first-order chi connectivity index (χ1) is 8.19. The van der Waals surface area contributed by atoms with Gasteiger partial charge in [0, 0.05) is 6.07 Å². The van der Waals surface area contributed by atoms with E-state index in [0.29, 0.717) is 16.9 Å². The number of ether oxygens (including phenoxy) is 1. The molecule has 2 rings (SSSR count). The van der Waals surface area contributed by atoms with Crippen molar-refractivity contribution in [2.45, 2.75) is 12.1 Å². The summed E-state index contributed by atoms with van der Waals surface area (Å²) in [6.07, 6.45) is 1.90. The zero-order chi connectivity index (χ0) is 12.3. The van der Waals surface area contributed by atoms with Crippen LogP contribution >= 0.6 is 11.8 Å². The van der Waals surface area contributed by atoms with Crippen molar-refractivity contribution in [3.8, 4) is 11.6 Å². The van der Waals surface area contributed by atoms with Crippen LogP contribution in [0.15, 0.2) is 35.5 Å². The molecule has 0 unspecified atom stereocenters. The molecule has 0 aliphatic heterocycles. The molecule has 1 aromatic carbocycles. The van der Waals surface area contributed by atoms with E-state index in [2.05, 4.69) is 9.97 Å². The molecule has 5 heteroatoms. The second kappa shape index (κ2) is 5.05. The Kier molecular flexibility index (Phi) is 3.49. The van der Waals surface area contributed by atoms with Gasteiger partial charge in [0.1, 0.15) is 11.6 Å². The van der Waals surface area contributed by atoms with Gasteiger partial charge >= 0.3 is 0 Å². The summed E-state index contributed by atoms with van der Waals surface area (Å²) in [5, 5.41) is 0.605. The summed E-state index contributed by atoms with van der Waals surface area (Å²) < 4.78 is 5.69. The van der Waals surface area contributed by atoms with Gasteiger partial charge in [0.2, 0.25) is 5.88 Å². The molecule has 0 atom stereocenters. The van der Waals surface area contributed by atoms with Crippen molar-refractivity contribution in [1.82, 2.24) is 9.97 Å². The lowest BCUT2D eigenvalue weighted by Gasteiger charge is -2.08. The molecule has 0 fully saturated rings. The summed E-state index contributed by atoms with van der Waals surface area (Å²) in [7, 11) is 0. The predicted octanol–water partition coefficient (Wildman–Crippen LogP) is 2.88. The molecule has 1 heterocycles. The number of benzene rings is 1. The van der Waals surface area contributed by atoms with E-state index in [1.165, 1.54) is 11.8 Å². The standard InChI is InChI=1S/C12H13N3OS/c1-8-5-3-4-6-9(8)16-11-7-10(13)14-12(15-11)17-2/h3-7H,1-2H3,(H2,13,14,15). The minimum Gasteiger partial charge on any atom is -0.439 e. The molecule has 4 nitrogen and oxygen atoms in total. The highest BCUT2D eigenvalue weighted by molar-refractivity contribution is 7.98. The number of nitrogens with zero attached hydrogens (tertiary/aromatic N) is 2. The molecule has 0 saturated heterocycles. The van der Waals surface area contributed by atoms with Crippen LogP contribution in [0.1, 0.15) is 5.56 Å². The third-order valence-electron chi connectivity index (χ3n) is 2.19. The molecule has 0 aliphatic carbocycles. The average Bonchev–Trinajstić information content (AvgIpc) is 2.31. The maximum Gasteiger partial charge on any atom is 0.225 e. The largest absolute Gasteiger partial charge is 0.439 e. The second-order valence-electron chi connectivity index (χ2n) is 3.49. The van der Waals surface area contributed by atoms with E-state index >= 15 is 0 Å². The maximum absolute atomic E-state index is 5.69. The Balaban J connectivity index is 2.30.